The fourth-order valence-electron chi connectivity index (χ4n) is 2.04. The molecule has 20 heavy (non-hydrogen) atoms. The van der Waals surface area contributed by atoms with Gasteiger partial charge in [0.15, 0.2) is 5.82 Å². The van der Waals surface area contributed by atoms with Gasteiger partial charge < -0.3 is 15.4 Å². The Hall–Kier alpha value is -1.73. The van der Waals surface area contributed by atoms with Gasteiger partial charge in [0, 0.05) is 39.0 Å². The number of aryl methyl sites for hydroxylation is 1. The minimum atomic E-state index is 0.504. The van der Waals surface area contributed by atoms with Crippen molar-refractivity contribution in [1.29, 1.82) is 0 Å². The molecule has 0 aliphatic heterocycles. The molecule has 0 saturated heterocycles. The summed E-state index contributed by atoms with van der Waals surface area (Å²) >= 11 is 4.96. The lowest BCUT2D eigenvalue weighted by molar-refractivity contribution is 0.205. The van der Waals surface area contributed by atoms with Crippen LogP contribution < -0.4 is 10.6 Å². The van der Waals surface area contributed by atoms with Gasteiger partial charge in [-0.25, -0.2) is 9.50 Å². The Balaban J connectivity index is 2.31. The molecule has 0 aromatic carbocycles. The van der Waals surface area contributed by atoms with Gasteiger partial charge in [0.2, 0.25) is 0 Å². The number of fused-ring (bicyclic) bond motifs is 1. The van der Waals surface area contributed by atoms with Crippen LogP contribution in [0.5, 0.6) is 0 Å². The van der Waals surface area contributed by atoms with Crippen LogP contribution in [0.4, 0.5) is 5.82 Å². The summed E-state index contributed by atoms with van der Waals surface area (Å²) in [6.45, 7) is 4.03. The second-order valence-corrected chi connectivity index (χ2v) is 5.09. The smallest absolute Gasteiger partial charge is 0.154 e. The van der Waals surface area contributed by atoms with Crippen molar-refractivity contribution in [2.24, 2.45) is 5.73 Å². The molecule has 0 bridgehead atoms. The molecule has 0 unspecified atom stereocenters. The topological polar surface area (TPSA) is 68.7 Å². The number of rotatable bonds is 7. The summed E-state index contributed by atoms with van der Waals surface area (Å²) in [5.41, 5.74) is 7.53. The molecule has 0 aliphatic rings. The molecule has 0 spiro atoms. The maximum Gasteiger partial charge on any atom is 0.154 e. The Bertz CT molecular complexity index is 597. The van der Waals surface area contributed by atoms with E-state index in [-0.39, 0.29) is 0 Å². The molecule has 2 N–H and O–H groups in total. The number of hydrogen-bond donors (Lipinski definition) is 1. The summed E-state index contributed by atoms with van der Waals surface area (Å²) in [5, 5.41) is 4.40. The zero-order chi connectivity index (χ0) is 14.5. The summed E-state index contributed by atoms with van der Waals surface area (Å²) in [4.78, 5) is 7.10. The van der Waals surface area contributed by atoms with E-state index >= 15 is 0 Å². The van der Waals surface area contributed by atoms with Crippen LogP contribution in [0, 0.1) is 6.92 Å². The zero-order valence-electron chi connectivity index (χ0n) is 11.7. The molecule has 0 saturated carbocycles. The lowest BCUT2D eigenvalue weighted by Gasteiger charge is -2.23. The van der Waals surface area contributed by atoms with Gasteiger partial charge in [-0.1, -0.05) is 12.2 Å². The van der Waals surface area contributed by atoms with E-state index in [1.54, 1.807) is 13.3 Å². The third-order valence-electron chi connectivity index (χ3n) is 2.98. The van der Waals surface area contributed by atoms with Crippen molar-refractivity contribution in [1.82, 2.24) is 14.6 Å². The van der Waals surface area contributed by atoms with Crippen molar-refractivity contribution in [3.63, 3.8) is 0 Å². The molecule has 0 fully saturated rings. The van der Waals surface area contributed by atoms with Crippen LogP contribution >= 0.6 is 12.2 Å². The first-order chi connectivity index (χ1) is 9.61. The van der Waals surface area contributed by atoms with E-state index in [2.05, 4.69) is 15.0 Å². The Morgan fingerprint density at radius 3 is 3.00 bits per heavy atom. The van der Waals surface area contributed by atoms with Crippen molar-refractivity contribution in [2.45, 2.75) is 13.3 Å². The van der Waals surface area contributed by atoms with Crippen LogP contribution in [0.15, 0.2) is 18.5 Å². The fraction of sp³-hybridized carbons (Fsp3) is 0.462. The van der Waals surface area contributed by atoms with Gasteiger partial charge >= 0.3 is 0 Å². The van der Waals surface area contributed by atoms with E-state index in [9.17, 15) is 0 Å². The Kier molecular flexibility index (Phi) is 4.86. The van der Waals surface area contributed by atoms with Gasteiger partial charge in [0.1, 0.15) is 5.52 Å². The molecule has 6 nitrogen and oxygen atoms in total. The summed E-state index contributed by atoms with van der Waals surface area (Å²) < 4.78 is 6.99. The predicted octanol–water partition coefficient (Wildman–Crippen LogP) is 1.17. The van der Waals surface area contributed by atoms with Crippen molar-refractivity contribution in [3.8, 4) is 0 Å². The number of nitrogens with two attached hydrogens (primary N) is 1. The highest BCUT2D eigenvalue weighted by Crippen LogP contribution is 2.19. The maximum absolute atomic E-state index is 5.60. The van der Waals surface area contributed by atoms with Crippen LogP contribution in [0.3, 0.4) is 0 Å². The van der Waals surface area contributed by atoms with Crippen molar-refractivity contribution < 1.29 is 4.74 Å². The van der Waals surface area contributed by atoms with Crippen LogP contribution in [-0.4, -0.2) is 46.4 Å². The fourth-order valence-corrected chi connectivity index (χ4v) is 2.14. The van der Waals surface area contributed by atoms with E-state index in [0.717, 1.165) is 30.1 Å². The highest BCUT2D eigenvalue weighted by atomic mass is 32.1. The minimum absolute atomic E-state index is 0.504. The van der Waals surface area contributed by atoms with Crippen LogP contribution in [0.1, 0.15) is 12.1 Å². The second-order valence-electron chi connectivity index (χ2n) is 4.56. The van der Waals surface area contributed by atoms with E-state index in [1.807, 2.05) is 23.7 Å². The number of nitrogens with zero attached hydrogens (tertiary/aromatic N) is 4. The Morgan fingerprint density at radius 2 is 2.30 bits per heavy atom. The maximum atomic E-state index is 5.60. The van der Waals surface area contributed by atoms with Gasteiger partial charge in [0.05, 0.1) is 17.3 Å². The Labute approximate surface area is 123 Å². The van der Waals surface area contributed by atoms with Gasteiger partial charge in [-0.15, -0.1) is 0 Å². The first-order valence-corrected chi connectivity index (χ1v) is 6.86. The summed E-state index contributed by atoms with van der Waals surface area (Å²) in [6.07, 6.45) is 4.23. The van der Waals surface area contributed by atoms with Crippen molar-refractivity contribution >= 4 is 28.5 Å². The standard InChI is InChI=1S/C13H19N5OS/c1-10-9-11-13(15-4-6-18(11)16-10)17(7-8-19-2)5-3-12(14)20/h4,6,9H,3,5,7-8H2,1-2H3,(H2,14,20). The lowest BCUT2D eigenvalue weighted by atomic mass is 10.3. The zero-order valence-corrected chi connectivity index (χ0v) is 12.6. The van der Waals surface area contributed by atoms with Gasteiger partial charge in [-0.05, 0) is 13.0 Å². The van der Waals surface area contributed by atoms with E-state index < -0.39 is 0 Å². The predicted molar refractivity (Wildman–Crippen MR) is 83.2 cm³/mol. The number of anilines is 1. The lowest BCUT2D eigenvalue weighted by Crippen LogP contribution is -2.31. The quantitative estimate of drug-likeness (QED) is 0.773. The average Bonchev–Trinajstić information content (AvgIpc) is 2.79. The summed E-state index contributed by atoms with van der Waals surface area (Å²) in [7, 11) is 1.68. The van der Waals surface area contributed by atoms with Gasteiger partial charge in [-0.2, -0.15) is 5.10 Å². The third-order valence-corrected chi connectivity index (χ3v) is 3.19. The van der Waals surface area contributed by atoms with Crippen molar-refractivity contribution in [3.05, 3.63) is 24.2 Å². The highest BCUT2D eigenvalue weighted by molar-refractivity contribution is 7.80. The molecule has 2 aromatic heterocycles. The molecule has 0 amide bonds. The Morgan fingerprint density at radius 1 is 1.50 bits per heavy atom. The van der Waals surface area contributed by atoms with Crippen LogP contribution in [0.25, 0.3) is 5.52 Å². The number of aromatic nitrogens is 3. The van der Waals surface area contributed by atoms with Crippen molar-refractivity contribution in [2.75, 3.05) is 31.7 Å². The summed E-state index contributed by atoms with van der Waals surface area (Å²) in [6, 6.07) is 2.02. The monoisotopic (exact) mass is 293 g/mol. The largest absolute Gasteiger partial charge is 0.393 e. The van der Waals surface area contributed by atoms with Crippen LogP contribution in [0.2, 0.25) is 0 Å². The second kappa shape index (κ2) is 6.62. The first kappa shape index (κ1) is 14.7. The molecule has 2 rings (SSSR count). The van der Waals surface area contributed by atoms with E-state index in [0.29, 0.717) is 18.0 Å². The molecule has 0 atom stereocenters. The number of methoxy groups -OCH3 is 1. The molecule has 7 heteroatoms. The highest BCUT2D eigenvalue weighted by Gasteiger charge is 2.13. The molecule has 2 aromatic rings. The number of thiocarbonyl (C=S) groups is 1. The molecule has 0 radical (unpaired) electrons. The minimum Gasteiger partial charge on any atom is -0.393 e. The molecule has 108 valence electrons. The molecule has 0 aliphatic carbocycles. The van der Waals surface area contributed by atoms with Crippen LogP contribution in [-0.2, 0) is 4.74 Å². The number of ether oxygens (including phenoxy) is 1. The van der Waals surface area contributed by atoms with E-state index in [1.165, 1.54) is 0 Å². The molecular formula is C13H19N5OS. The normalized spacial score (nSPS) is 10.9. The molecule has 2 heterocycles. The first-order valence-electron chi connectivity index (χ1n) is 6.45. The SMILES string of the molecule is COCCN(CCC(N)=S)c1nccn2nc(C)cc12. The third kappa shape index (κ3) is 3.43. The summed E-state index contributed by atoms with van der Waals surface area (Å²) in [5.74, 6) is 0.876. The van der Waals surface area contributed by atoms with Gasteiger partial charge in [-0.3, -0.25) is 0 Å². The van der Waals surface area contributed by atoms with E-state index in [4.69, 9.17) is 22.7 Å². The van der Waals surface area contributed by atoms with Gasteiger partial charge in [0.25, 0.3) is 0 Å². The number of hydrogen-bond acceptors (Lipinski definition) is 5. The molecular weight excluding hydrogens is 274 g/mol. The average molecular weight is 293 g/mol.